The molecule has 0 unspecified atom stereocenters. The van der Waals surface area contributed by atoms with Gasteiger partial charge in [-0.05, 0) is 30.7 Å². The summed E-state index contributed by atoms with van der Waals surface area (Å²) in [5.74, 6) is 0.701. The molecule has 2 N–H and O–H groups in total. The minimum absolute atomic E-state index is 0.225. The third kappa shape index (κ3) is 4.23. The summed E-state index contributed by atoms with van der Waals surface area (Å²) < 4.78 is 16.6. The van der Waals surface area contributed by atoms with Crippen molar-refractivity contribution < 1.29 is 9.18 Å². The van der Waals surface area contributed by atoms with Crippen LogP contribution in [0.15, 0.2) is 37.2 Å². The number of nitrogens with one attached hydrogen (secondary N) is 2. The summed E-state index contributed by atoms with van der Waals surface area (Å²) in [6.45, 7) is 6.12. The van der Waals surface area contributed by atoms with Crippen molar-refractivity contribution in [2.45, 2.75) is 25.6 Å². The van der Waals surface area contributed by atoms with Gasteiger partial charge in [-0.1, -0.05) is 6.58 Å². The Kier molecular flexibility index (Phi) is 5.73. The number of hydrogen-bond donors (Lipinski definition) is 2. The molecule has 2 aromatic heterocycles. The Balaban J connectivity index is 1.59. The average Bonchev–Trinajstić information content (AvgIpc) is 3.09. The van der Waals surface area contributed by atoms with Gasteiger partial charge in [0.1, 0.15) is 12.2 Å². The number of amides is 1. The Hall–Kier alpha value is -4.00. The number of piperidine rings is 1. The number of anilines is 3. The molecule has 3 aromatic rings. The molecule has 164 valence electrons. The number of nitrogens with zero attached hydrogens (tertiary/aromatic N) is 6. The first-order chi connectivity index (χ1) is 15.4. The molecule has 0 aliphatic carbocycles. The van der Waals surface area contributed by atoms with Crippen LogP contribution in [0, 0.1) is 18.3 Å². The summed E-state index contributed by atoms with van der Waals surface area (Å²) in [4.78, 5) is 26.6. The Morgan fingerprint density at radius 2 is 2.09 bits per heavy atom. The molecule has 0 saturated carbocycles. The Morgan fingerprint density at radius 3 is 2.78 bits per heavy atom. The molecule has 2 atom stereocenters. The van der Waals surface area contributed by atoms with Crippen molar-refractivity contribution in [1.82, 2.24) is 19.5 Å². The Labute approximate surface area is 184 Å². The second-order valence-electron chi connectivity index (χ2n) is 7.81. The fraction of sp³-hybridized carbons (Fsp3) is 0.318. The summed E-state index contributed by atoms with van der Waals surface area (Å²) in [6.07, 6.45) is 3.34. The molecule has 0 bridgehead atoms. The van der Waals surface area contributed by atoms with E-state index in [4.69, 9.17) is 10.2 Å². The fourth-order valence-corrected chi connectivity index (χ4v) is 3.88. The van der Waals surface area contributed by atoms with Crippen LogP contribution in [0.5, 0.6) is 0 Å². The van der Waals surface area contributed by atoms with Crippen molar-refractivity contribution in [1.29, 1.82) is 5.26 Å². The van der Waals surface area contributed by atoms with E-state index in [2.05, 4.69) is 27.2 Å². The van der Waals surface area contributed by atoms with Crippen molar-refractivity contribution in [2.24, 2.45) is 7.05 Å². The first kappa shape index (κ1) is 21.2. The molecule has 1 amide bonds. The molecular weight excluding hydrogens is 411 g/mol. The second-order valence-corrected chi connectivity index (χ2v) is 7.81. The molecule has 1 fully saturated rings. The average molecular weight is 434 g/mol. The van der Waals surface area contributed by atoms with Gasteiger partial charge < -0.3 is 20.1 Å². The van der Waals surface area contributed by atoms with Crippen LogP contribution < -0.4 is 15.5 Å². The maximum absolute atomic E-state index is 14.6. The lowest BCUT2D eigenvalue weighted by Crippen LogP contribution is -2.48. The molecule has 9 nitrogen and oxygen atoms in total. The van der Waals surface area contributed by atoms with Crippen molar-refractivity contribution in [3.8, 4) is 6.07 Å². The topological polar surface area (TPSA) is 112 Å². The zero-order valence-electron chi connectivity index (χ0n) is 17.8. The number of carbonyl (C=O) groups excluding carboxylic acids is 1. The predicted molar refractivity (Wildman–Crippen MR) is 120 cm³/mol. The first-order valence-electron chi connectivity index (χ1n) is 10.2. The molecule has 0 spiro atoms. The van der Waals surface area contributed by atoms with Crippen LogP contribution >= 0.6 is 0 Å². The van der Waals surface area contributed by atoms with Gasteiger partial charge in [-0.15, -0.1) is 0 Å². The highest BCUT2D eigenvalue weighted by molar-refractivity contribution is 6.00. The lowest BCUT2D eigenvalue weighted by molar-refractivity contribution is -0.111. The number of hydrogen-bond acceptors (Lipinski definition) is 7. The lowest BCUT2D eigenvalue weighted by Gasteiger charge is -2.35. The molecular formula is C22H23FN8O. The number of aryl methyl sites for hydroxylation is 2. The van der Waals surface area contributed by atoms with Gasteiger partial charge in [-0.3, -0.25) is 4.79 Å². The molecule has 1 aliphatic rings. The fourth-order valence-electron chi connectivity index (χ4n) is 3.88. The first-order valence-corrected chi connectivity index (χ1v) is 10.2. The number of halogens is 1. The van der Waals surface area contributed by atoms with E-state index >= 15 is 0 Å². The standard InChI is InChI=1S/C22H23FN8O/c1-4-20(32)28-17-7-18-19(5-13(17)2)30(3)22(29-18)31-11-15(23)6-16(12-31)27-21-25-9-14(8-24)10-26-21/h4-5,7,9-10,15-16H,1,6,11-12H2,2-3H3,(H,28,32)(H,25,26,27)/t15-,16-/m1/s1. The summed E-state index contributed by atoms with van der Waals surface area (Å²) in [7, 11) is 1.89. The summed E-state index contributed by atoms with van der Waals surface area (Å²) in [5.41, 5.74) is 3.50. The van der Waals surface area contributed by atoms with Gasteiger partial charge in [0.25, 0.3) is 0 Å². The lowest BCUT2D eigenvalue weighted by atomic mass is 10.0. The van der Waals surface area contributed by atoms with Crippen LogP contribution in [0.2, 0.25) is 0 Å². The van der Waals surface area contributed by atoms with E-state index in [0.717, 1.165) is 11.1 Å². The number of alkyl halides is 1. The summed E-state index contributed by atoms with van der Waals surface area (Å²) in [5, 5.41) is 14.8. The van der Waals surface area contributed by atoms with E-state index in [-0.39, 0.29) is 18.5 Å². The number of imidazole rings is 1. The van der Waals surface area contributed by atoms with E-state index in [1.165, 1.54) is 18.5 Å². The van der Waals surface area contributed by atoms with Gasteiger partial charge in [-0.25, -0.2) is 19.3 Å². The molecule has 0 radical (unpaired) electrons. The van der Waals surface area contributed by atoms with Gasteiger partial charge in [0.15, 0.2) is 0 Å². The van der Waals surface area contributed by atoms with Crippen molar-refractivity contribution in [3.05, 3.63) is 48.3 Å². The van der Waals surface area contributed by atoms with Crippen LogP contribution in [0.4, 0.5) is 22.0 Å². The van der Waals surface area contributed by atoms with E-state index in [1.54, 1.807) is 0 Å². The number of carbonyl (C=O) groups is 1. The van der Waals surface area contributed by atoms with Crippen LogP contribution in [0.3, 0.4) is 0 Å². The summed E-state index contributed by atoms with van der Waals surface area (Å²) in [6, 6.07) is 5.51. The zero-order chi connectivity index (χ0) is 22.8. The quantitative estimate of drug-likeness (QED) is 0.594. The smallest absolute Gasteiger partial charge is 0.247 e. The van der Waals surface area contributed by atoms with Gasteiger partial charge in [0, 0.05) is 31.7 Å². The maximum Gasteiger partial charge on any atom is 0.247 e. The van der Waals surface area contributed by atoms with E-state index in [0.29, 0.717) is 41.6 Å². The highest BCUT2D eigenvalue weighted by atomic mass is 19.1. The van der Waals surface area contributed by atoms with E-state index in [9.17, 15) is 9.18 Å². The third-order valence-electron chi connectivity index (χ3n) is 5.44. The molecule has 1 aromatic carbocycles. The van der Waals surface area contributed by atoms with Crippen LogP contribution in [-0.2, 0) is 11.8 Å². The van der Waals surface area contributed by atoms with Crippen LogP contribution in [0.1, 0.15) is 17.5 Å². The van der Waals surface area contributed by atoms with Gasteiger partial charge in [-0.2, -0.15) is 5.26 Å². The number of fused-ring (bicyclic) bond motifs is 1. The second kappa shape index (κ2) is 8.63. The van der Waals surface area contributed by atoms with E-state index < -0.39 is 6.17 Å². The van der Waals surface area contributed by atoms with Crippen LogP contribution in [-0.4, -0.2) is 50.7 Å². The minimum Gasteiger partial charge on any atom is -0.350 e. The van der Waals surface area contributed by atoms with Crippen LogP contribution in [0.25, 0.3) is 11.0 Å². The highest BCUT2D eigenvalue weighted by Gasteiger charge is 2.30. The SMILES string of the molecule is C=CC(=O)Nc1cc2nc(N3C[C@H](F)C[C@@H](Nc4ncc(C#N)cn4)C3)n(C)c2cc1C. The minimum atomic E-state index is -1.05. The van der Waals surface area contributed by atoms with Crippen molar-refractivity contribution in [2.75, 3.05) is 28.6 Å². The predicted octanol–water partition coefficient (Wildman–Crippen LogP) is 2.70. The largest absolute Gasteiger partial charge is 0.350 e. The van der Waals surface area contributed by atoms with Gasteiger partial charge in [0.05, 0.1) is 35.5 Å². The van der Waals surface area contributed by atoms with Gasteiger partial charge >= 0.3 is 0 Å². The molecule has 3 heterocycles. The summed E-state index contributed by atoms with van der Waals surface area (Å²) >= 11 is 0. The maximum atomic E-state index is 14.6. The highest BCUT2D eigenvalue weighted by Crippen LogP contribution is 2.29. The Morgan fingerprint density at radius 1 is 1.34 bits per heavy atom. The number of benzene rings is 1. The third-order valence-corrected chi connectivity index (χ3v) is 5.44. The normalized spacial score (nSPS) is 18.2. The molecule has 4 rings (SSSR count). The molecule has 1 saturated heterocycles. The number of rotatable bonds is 5. The van der Waals surface area contributed by atoms with E-state index in [1.807, 2.05) is 41.6 Å². The number of nitriles is 1. The molecule has 1 aliphatic heterocycles. The zero-order valence-corrected chi connectivity index (χ0v) is 17.8. The Bertz CT molecular complexity index is 1210. The van der Waals surface area contributed by atoms with Crippen molar-refractivity contribution in [3.63, 3.8) is 0 Å². The van der Waals surface area contributed by atoms with Crippen molar-refractivity contribution >= 4 is 34.5 Å². The molecule has 32 heavy (non-hydrogen) atoms. The monoisotopic (exact) mass is 434 g/mol. The van der Waals surface area contributed by atoms with Gasteiger partial charge in [0.2, 0.25) is 17.8 Å². The number of aromatic nitrogens is 4. The molecule has 10 heteroatoms.